The van der Waals surface area contributed by atoms with E-state index in [9.17, 15) is 33.2 Å². The third-order valence-electron chi connectivity index (χ3n) is 4.27. The molecule has 1 aliphatic carbocycles. The van der Waals surface area contributed by atoms with Crippen molar-refractivity contribution < 1.29 is 32.4 Å². The SMILES string of the molecule is Cn1ncc([N+](=O)[O-])c1C1(F)CCC(O)C(NC(=O)C(F)(F)F)CC1. The molecular formula is C13H16F4N4O4. The normalized spacial score (nSPS) is 27.6. The van der Waals surface area contributed by atoms with Crippen molar-refractivity contribution in [3.8, 4) is 0 Å². The van der Waals surface area contributed by atoms with Gasteiger partial charge >= 0.3 is 17.8 Å². The zero-order valence-corrected chi connectivity index (χ0v) is 13.1. The lowest BCUT2D eigenvalue weighted by molar-refractivity contribution is -0.386. The Kier molecular flexibility index (Phi) is 5.02. The van der Waals surface area contributed by atoms with E-state index in [0.29, 0.717) is 0 Å². The lowest BCUT2D eigenvalue weighted by Crippen LogP contribution is -2.48. The molecule has 1 saturated carbocycles. The van der Waals surface area contributed by atoms with E-state index in [2.05, 4.69) is 5.10 Å². The van der Waals surface area contributed by atoms with E-state index in [0.717, 1.165) is 10.9 Å². The number of aryl methyl sites for hydroxylation is 1. The number of carbonyl (C=O) groups is 1. The fourth-order valence-electron chi connectivity index (χ4n) is 3.01. The number of nitro groups is 1. The highest BCUT2D eigenvalue weighted by Gasteiger charge is 2.46. The molecule has 2 N–H and O–H groups in total. The number of amides is 1. The first-order chi connectivity index (χ1) is 11.5. The maximum absolute atomic E-state index is 15.4. The zero-order chi connectivity index (χ0) is 19.0. The summed E-state index contributed by atoms with van der Waals surface area (Å²) >= 11 is 0. The molecule has 0 radical (unpaired) electrons. The molecule has 1 aromatic heterocycles. The van der Waals surface area contributed by atoms with Crippen LogP contribution in [0.3, 0.4) is 0 Å². The Morgan fingerprint density at radius 3 is 2.64 bits per heavy atom. The number of aliphatic hydroxyl groups excluding tert-OH is 1. The molecule has 3 unspecified atom stereocenters. The van der Waals surface area contributed by atoms with Gasteiger partial charge < -0.3 is 10.4 Å². The highest BCUT2D eigenvalue weighted by Crippen LogP contribution is 2.43. The summed E-state index contributed by atoms with van der Waals surface area (Å²) in [4.78, 5) is 21.3. The number of rotatable bonds is 3. The van der Waals surface area contributed by atoms with Gasteiger partial charge in [0, 0.05) is 7.05 Å². The molecule has 2 rings (SSSR count). The number of aromatic nitrogens is 2. The van der Waals surface area contributed by atoms with Gasteiger partial charge in [0.25, 0.3) is 0 Å². The van der Waals surface area contributed by atoms with Crippen molar-refractivity contribution in [2.24, 2.45) is 7.05 Å². The molecule has 8 nitrogen and oxygen atoms in total. The summed E-state index contributed by atoms with van der Waals surface area (Å²) in [6, 6.07) is -1.31. The van der Waals surface area contributed by atoms with Crippen LogP contribution in [0.2, 0.25) is 0 Å². The number of nitrogens with zero attached hydrogens (tertiary/aromatic N) is 3. The molecule has 0 aliphatic heterocycles. The third kappa shape index (κ3) is 3.89. The second kappa shape index (κ2) is 6.58. The molecule has 1 amide bonds. The van der Waals surface area contributed by atoms with E-state index >= 15 is 4.39 Å². The summed E-state index contributed by atoms with van der Waals surface area (Å²) in [7, 11) is 1.31. The van der Waals surface area contributed by atoms with Crippen LogP contribution in [0, 0.1) is 10.1 Å². The minimum atomic E-state index is -5.13. The van der Waals surface area contributed by atoms with Crippen LogP contribution in [-0.2, 0) is 17.5 Å². The van der Waals surface area contributed by atoms with E-state index in [1.54, 1.807) is 5.32 Å². The van der Waals surface area contributed by atoms with Gasteiger partial charge in [-0.15, -0.1) is 0 Å². The monoisotopic (exact) mass is 368 g/mol. The molecule has 0 aromatic carbocycles. The van der Waals surface area contributed by atoms with Crippen molar-refractivity contribution in [2.45, 2.75) is 49.7 Å². The predicted octanol–water partition coefficient (Wildman–Crippen LogP) is 1.48. The van der Waals surface area contributed by atoms with Crippen molar-refractivity contribution in [3.05, 3.63) is 22.0 Å². The quantitative estimate of drug-likeness (QED) is 0.363. The van der Waals surface area contributed by atoms with E-state index in [1.807, 2.05) is 0 Å². The number of aliphatic hydroxyl groups is 1. The maximum Gasteiger partial charge on any atom is 0.471 e. The third-order valence-corrected chi connectivity index (χ3v) is 4.27. The average molecular weight is 368 g/mol. The highest BCUT2D eigenvalue weighted by atomic mass is 19.4. The standard InChI is InChI=1S/C13H16F4N4O4/c1-20-10(8(6-18-20)21(24)25)12(14)4-2-7(9(22)3-5-12)19-11(23)13(15,16)17/h6-7,9,22H,2-5H2,1H3,(H,19,23). The van der Waals surface area contributed by atoms with Gasteiger partial charge in [0.05, 0.1) is 17.1 Å². The molecule has 0 bridgehead atoms. The fraction of sp³-hybridized carbons (Fsp3) is 0.692. The summed E-state index contributed by atoms with van der Waals surface area (Å²) in [5.74, 6) is -2.23. The molecule has 0 saturated heterocycles. The highest BCUT2D eigenvalue weighted by molar-refractivity contribution is 5.82. The van der Waals surface area contributed by atoms with Gasteiger partial charge in [-0.3, -0.25) is 19.6 Å². The van der Waals surface area contributed by atoms with Crippen molar-refractivity contribution in [3.63, 3.8) is 0 Å². The molecule has 1 aliphatic rings. The molecule has 0 spiro atoms. The van der Waals surface area contributed by atoms with Crippen molar-refractivity contribution >= 4 is 11.6 Å². The molecule has 3 atom stereocenters. The van der Waals surface area contributed by atoms with Crippen LogP contribution in [0.25, 0.3) is 0 Å². The number of hydrogen-bond acceptors (Lipinski definition) is 5. The summed E-state index contributed by atoms with van der Waals surface area (Å²) in [5.41, 5.74) is -3.11. The molecule has 1 heterocycles. The minimum Gasteiger partial charge on any atom is -0.391 e. The molecule has 1 aromatic rings. The van der Waals surface area contributed by atoms with Gasteiger partial charge in [-0.1, -0.05) is 0 Å². The summed E-state index contributed by atoms with van der Waals surface area (Å²) in [6.45, 7) is 0. The van der Waals surface area contributed by atoms with E-state index in [1.165, 1.54) is 7.05 Å². The van der Waals surface area contributed by atoms with Crippen LogP contribution in [0.5, 0.6) is 0 Å². The van der Waals surface area contributed by atoms with Gasteiger partial charge in [-0.25, -0.2) is 4.39 Å². The van der Waals surface area contributed by atoms with E-state index < -0.39 is 46.9 Å². The van der Waals surface area contributed by atoms with Gasteiger partial charge in [0.2, 0.25) is 0 Å². The van der Waals surface area contributed by atoms with Gasteiger partial charge in [-0.05, 0) is 25.7 Å². The first-order valence-electron chi connectivity index (χ1n) is 7.37. The molecule has 1 fully saturated rings. The number of nitrogens with one attached hydrogen (secondary N) is 1. The van der Waals surface area contributed by atoms with Crippen LogP contribution >= 0.6 is 0 Å². The summed E-state index contributed by atoms with van der Waals surface area (Å²) < 4.78 is 53.4. The summed E-state index contributed by atoms with van der Waals surface area (Å²) in [5, 5.41) is 26.3. The first-order valence-corrected chi connectivity index (χ1v) is 7.37. The van der Waals surface area contributed by atoms with Crippen LogP contribution in [-0.4, -0.2) is 44.0 Å². The zero-order valence-electron chi connectivity index (χ0n) is 13.1. The Balaban J connectivity index is 2.24. The van der Waals surface area contributed by atoms with E-state index in [4.69, 9.17) is 0 Å². The van der Waals surface area contributed by atoms with Crippen molar-refractivity contribution in [2.75, 3.05) is 0 Å². The second-order valence-electron chi connectivity index (χ2n) is 5.95. The fourth-order valence-corrected chi connectivity index (χ4v) is 3.01. The van der Waals surface area contributed by atoms with Crippen molar-refractivity contribution in [1.29, 1.82) is 0 Å². The van der Waals surface area contributed by atoms with Gasteiger partial charge in [-0.2, -0.15) is 18.3 Å². The molecular weight excluding hydrogens is 352 g/mol. The largest absolute Gasteiger partial charge is 0.471 e. The molecule has 140 valence electrons. The lowest BCUT2D eigenvalue weighted by Gasteiger charge is -2.23. The number of hydrogen-bond donors (Lipinski definition) is 2. The smallest absolute Gasteiger partial charge is 0.391 e. The molecule has 12 heteroatoms. The predicted molar refractivity (Wildman–Crippen MR) is 75.1 cm³/mol. The number of halogens is 4. The van der Waals surface area contributed by atoms with Crippen molar-refractivity contribution in [1.82, 2.24) is 15.1 Å². The lowest BCUT2D eigenvalue weighted by atomic mass is 9.91. The second-order valence-corrected chi connectivity index (χ2v) is 5.95. The van der Waals surface area contributed by atoms with Crippen LogP contribution in [0.4, 0.5) is 23.2 Å². The Morgan fingerprint density at radius 2 is 2.08 bits per heavy atom. The average Bonchev–Trinajstić information content (AvgIpc) is 2.84. The number of alkyl halides is 4. The topological polar surface area (TPSA) is 110 Å². The molecule has 25 heavy (non-hydrogen) atoms. The van der Waals surface area contributed by atoms with Crippen LogP contribution < -0.4 is 5.32 Å². The number of carbonyl (C=O) groups excluding carboxylic acids is 1. The van der Waals surface area contributed by atoms with Crippen LogP contribution in [0.1, 0.15) is 31.4 Å². The first kappa shape index (κ1) is 19.1. The van der Waals surface area contributed by atoms with E-state index in [-0.39, 0.29) is 25.0 Å². The Labute approximate surface area is 139 Å². The summed E-state index contributed by atoms with van der Waals surface area (Å²) in [6.07, 6.45) is -7.00. The Hall–Kier alpha value is -2.24. The Bertz CT molecular complexity index is 677. The maximum atomic E-state index is 15.4. The van der Waals surface area contributed by atoms with Crippen LogP contribution in [0.15, 0.2) is 6.20 Å². The van der Waals surface area contributed by atoms with Gasteiger partial charge in [0.15, 0.2) is 11.4 Å². The van der Waals surface area contributed by atoms with Gasteiger partial charge in [0.1, 0.15) is 6.20 Å². The minimum absolute atomic E-state index is 0.276. The Morgan fingerprint density at radius 1 is 1.48 bits per heavy atom.